The Morgan fingerprint density at radius 2 is 0.292 bits per heavy atom. The second-order valence-electron chi connectivity index (χ2n) is 30.2. The molecule has 0 aliphatic heterocycles. The van der Waals surface area contributed by atoms with Crippen molar-refractivity contribution in [3.05, 3.63) is 179 Å². The van der Waals surface area contributed by atoms with Gasteiger partial charge in [0.25, 0.3) is 0 Å². The van der Waals surface area contributed by atoms with Crippen molar-refractivity contribution in [1.29, 1.82) is 0 Å². The van der Waals surface area contributed by atoms with E-state index in [2.05, 4.69) is 187 Å². The Bertz CT molecular complexity index is 2790. The zero-order chi connectivity index (χ0) is 69.6. The van der Waals surface area contributed by atoms with Crippen LogP contribution in [0.1, 0.15) is 309 Å². The van der Waals surface area contributed by atoms with Crippen LogP contribution in [0.3, 0.4) is 0 Å². The summed E-state index contributed by atoms with van der Waals surface area (Å²) in [5, 5.41) is 74.1. The quantitative estimate of drug-likeness (QED) is 0.0212. The van der Waals surface area contributed by atoms with Crippen LogP contribution in [0.15, 0.2) is 146 Å². The fourth-order valence-corrected chi connectivity index (χ4v) is 14.7. The lowest BCUT2D eigenvalue weighted by molar-refractivity contribution is 0.0444. The average Bonchev–Trinajstić information content (AvgIpc) is 0.713. The van der Waals surface area contributed by atoms with Gasteiger partial charge in [-0.2, -0.15) is 0 Å². The van der Waals surface area contributed by atoms with Crippen molar-refractivity contribution in [1.82, 2.24) is 0 Å². The van der Waals surface area contributed by atoms with Crippen LogP contribution in [0.4, 0.5) is 0 Å². The molecule has 6 N–H and O–H groups in total. The fraction of sp³-hybridized carbons (Fsp3) is 0.533. The first-order valence-electron chi connectivity index (χ1n) is 38.1. The molecule has 0 radical (unpaired) electrons. The molecule has 6 heteroatoms. The Morgan fingerprint density at radius 3 is 0.396 bits per heavy atom. The summed E-state index contributed by atoms with van der Waals surface area (Å²) in [6.45, 7) is 25.0. The van der Waals surface area contributed by atoms with Gasteiger partial charge in [-0.15, -0.1) is 0 Å². The number of rotatable bonds is 42. The molecule has 6 unspecified atom stereocenters. The van der Waals surface area contributed by atoms with Gasteiger partial charge in [-0.25, -0.2) is 0 Å². The summed E-state index contributed by atoms with van der Waals surface area (Å²) in [4.78, 5) is 0. The summed E-state index contributed by atoms with van der Waals surface area (Å²) in [7, 11) is 0. The maximum Gasteiger partial charge on any atom is 0.0868 e. The molecular formula is C90H126O6. The molecule has 0 aliphatic carbocycles. The maximum absolute atomic E-state index is 12.3. The van der Waals surface area contributed by atoms with Crippen LogP contribution in [0, 0.1) is 0 Å². The molecule has 6 nitrogen and oxygen atoms in total. The number of unbranched alkanes of at least 4 members (excludes halogenated alkanes) is 18. The van der Waals surface area contributed by atoms with E-state index < -0.39 is 33.6 Å². The van der Waals surface area contributed by atoms with Gasteiger partial charge in [0.15, 0.2) is 0 Å². The monoisotopic (exact) mass is 1300 g/mol. The summed E-state index contributed by atoms with van der Waals surface area (Å²) < 4.78 is 0. The van der Waals surface area contributed by atoms with E-state index in [-0.39, 0.29) is 0 Å². The van der Waals surface area contributed by atoms with Crippen molar-refractivity contribution in [2.24, 2.45) is 0 Å². The lowest BCUT2D eigenvalue weighted by Crippen LogP contribution is -2.21. The highest BCUT2D eigenvalue weighted by atomic mass is 16.3. The van der Waals surface area contributed by atoms with Crippen molar-refractivity contribution in [2.75, 3.05) is 0 Å². The third kappa shape index (κ3) is 20.7. The largest absolute Gasteiger partial charge is 0.385 e. The molecule has 7 rings (SSSR count). The summed E-state index contributed by atoms with van der Waals surface area (Å²) in [6, 6.07) is 51.8. The summed E-state index contributed by atoms with van der Waals surface area (Å²) in [5.74, 6) is 0. The smallest absolute Gasteiger partial charge is 0.0868 e. The van der Waals surface area contributed by atoms with Crippen LogP contribution >= 0.6 is 0 Å². The van der Waals surface area contributed by atoms with E-state index in [1.807, 2.05) is 41.5 Å². The van der Waals surface area contributed by atoms with Gasteiger partial charge in [-0.3, -0.25) is 0 Å². The summed E-state index contributed by atoms with van der Waals surface area (Å²) in [5.41, 5.74) is 10.3. The molecule has 0 saturated heterocycles. The Morgan fingerprint density at radius 1 is 0.177 bits per heavy atom. The van der Waals surface area contributed by atoms with Crippen LogP contribution in [0.2, 0.25) is 0 Å². The standard InChI is InChI=1S/C90H126O6/c1-13-19-25-31-61-85(7,91)73-49-37-67(38-50-73)79-80(68-39-51-74(52-40-68)86(8,92)62-32-26-20-14-2)82(70-43-55-76(56-44-70)88(10,94)64-34-28-22-16-4)84(72-47-59-78(60-48-72)90(12,96)66-36-30-24-18-6)83(71-45-57-77(58-46-71)89(11,95)65-35-29-23-17-5)81(79)69-41-53-75(54-42-69)87(9,93)63-33-27-21-15-3/h37-60,91-96H,13-36,61-66H2,1-12H3. The molecule has 0 heterocycles. The molecule has 96 heavy (non-hydrogen) atoms. The first kappa shape index (κ1) is 77.6. The molecule has 0 saturated carbocycles. The molecule has 7 aromatic carbocycles. The topological polar surface area (TPSA) is 121 Å². The third-order valence-electron chi connectivity index (χ3n) is 21.4. The Labute approximate surface area is 582 Å². The van der Waals surface area contributed by atoms with Gasteiger partial charge in [-0.1, -0.05) is 341 Å². The molecule has 0 fully saturated rings. The first-order chi connectivity index (χ1) is 45.9. The molecule has 522 valence electrons. The van der Waals surface area contributed by atoms with E-state index in [1.54, 1.807) is 0 Å². The zero-order valence-electron chi connectivity index (χ0n) is 61.8. The molecule has 0 aliphatic rings. The van der Waals surface area contributed by atoms with Crippen LogP contribution in [-0.2, 0) is 33.6 Å². The van der Waals surface area contributed by atoms with E-state index in [9.17, 15) is 30.6 Å². The summed E-state index contributed by atoms with van der Waals surface area (Å²) >= 11 is 0. The van der Waals surface area contributed by atoms with Gasteiger partial charge in [0, 0.05) is 0 Å². The predicted octanol–water partition coefficient (Wildman–Crippen LogP) is 24.8. The molecule has 7 aromatic rings. The van der Waals surface area contributed by atoms with E-state index in [0.29, 0.717) is 38.5 Å². The normalized spacial score (nSPS) is 15.7. The maximum atomic E-state index is 12.3. The van der Waals surface area contributed by atoms with E-state index in [4.69, 9.17) is 0 Å². The molecular weight excluding hydrogens is 1180 g/mol. The van der Waals surface area contributed by atoms with Crippen LogP contribution < -0.4 is 0 Å². The zero-order valence-corrected chi connectivity index (χ0v) is 61.8. The summed E-state index contributed by atoms with van der Waals surface area (Å²) in [6.07, 6.45) is 29.2. The van der Waals surface area contributed by atoms with Gasteiger partial charge in [0.05, 0.1) is 33.6 Å². The minimum absolute atomic E-state index is 0.644. The average molecular weight is 1300 g/mol. The third-order valence-corrected chi connectivity index (χ3v) is 21.4. The fourth-order valence-electron chi connectivity index (χ4n) is 14.7. The highest BCUT2D eigenvalue weighted by Crippen LogP contribution is 2.57. The van der Waals surface area contributed by atoms with Crippen LogP contribution in [0.5, 0.6) is 0 Å². The first-order valence-corrected chi connectivity index (χ1v) is 38.1. The van der Waals surface area contributed by atoms with Crippen LogP contribution in [0.25, 0.3) is 66.8 Å². The van der Waals surface area contributed by atoms with Gasteiger partial charge < -0.3 is 30.6 Å². The van der Waals surface area contributed by atoms with Crippen molar-refractivity contribution in [3.8, 4) is 66.8 Å². The number of hydrogen-bond donors (Lipinski definition) is 6. The van der Waals surface area contributed by atoms with E-state index >= 15 is 0 Å². The van der Waals surface area contributed by atoms with E-state index in [1.165, 1.54) is 0 Å². The molecule has 0 aromatic heterocycles. The molecule has 6 atom stereocenters. The molecule has 0 amide bonds. The lowest BCUT2D eigenvalue weighted by Gasteiger charge is -2.31. The van der Waals surface area contributed by atoms with Crippen molar-refractivity contribution < 1.29 is 30.6 Å². The predicted molar refractivity (Wildman–Crippen MR) is 409 cm³/mol. The van der Waals surface area contributed by atoms with Gasteiger partial charge in [0.1, 0.15) is 0 Å². The molecule has 0 spiro atoms. The Balaban J connectivity index is 1.70. The Kier molecular flexibility index (Phi) is 29.4. The van der Waals surface area contributed by atoms with Crippen LogP contribution in [-0.4, -0.2) is 30.6 Å². The number of hydrogen-bond acceptors (Lipinski definition) is 6. The minimum atomic E-state index is -1.06. The van der Waals surface area contributed by atoms with Gasteiger partial charge >= 0.3 is 0 Å². The highest BCUT2D eigenvalue weighted by Gasteiger charge is 2.34. The van der Waals surface area contributed by atoms with E-state index in [0.717, 1.165) is 254 Å². The second kappa shape index (κ2) is 36.4. The van der Waals surface area contributed by atoms with Gasteiger partial charge in [-0.05, 0) is 180 Å². The number of aliphatic hydroxyl groups is 6. The second-order valence-corrected chi connectivity index (χ2v) is 30.2. The van der Waals surface area contributed by atoms with Gasteiger partial charge in [0.2, 0.25) is 0 Å². The highest BCUT2D eigenvalue weighted by molar-refractivity contribution is 6.15. The Hall–Kier alpha value is -5.70. The number of benzene rings is 7. The van der Waals surface area contributed by atoms with Crippen molar-refractivity contribution in [3.63, 3.8) is 0 Å². The SMILES string of the molecule is CCCCCCC(C)(O)c1ccc(-c2c(-c3ccc(C(C)(O)CCCCCC)cc3)c(-c3ccc(C(C)(O)CCCCCC)cc3)c(-c3ccc(C(C)(O)CCCCCC)cc3)c(-c3ccc(C(C)(O)CCCCCC)cc3)c2-c2ccc(C(C)(O)CCCCCC)cc2)cc1. The molecule has 0 bridgehead atoms. The van der Waals surface area contributed by atoms with Crippen molar-refractivity contribution >= 4 is 0 Å². The minimum Gasteiger partial charge on any atom is -0.385 e. The van der Waals surface area contributed by atoms with Crippen molar-refractivity contribution in [2.45, 2.75) is 309 Å². The lowest BCUT2D eigenvalue weighted by atomic mass is 9.73.